The van der Waals surface area contributed by atoms with Gasteiger partial charge in [-0.2, -0.15) is 4.72 Å². The highest BCUT2D eigenvalue weighted by atomic mass is 32.2. The zero-order chi connectivity index (χ0) is 20.5. The first-order valence-corrected chi connectivity index (χ1v) is 10.8. The molecule has 2 amide bonds. The van der Waals surface area contributed by atoms with Gasteiger partial charge in [0, 0.05) is 31.7 Å². The minimum atomic E-state index is -4.07. The first-order valence-electron chi connectivity index (χ1n) is 9.30. The van der Waals surface area contributed by atoms with E-state index in [9.17, 15) is 22.4 Å². The van der Waals surface area contributed by atoms with E-state index in [1.54, 1.807) is 24.0 Å². The van der Waals surface area contributed by atoms with Crippen LogP contribution < -0.4 is 15.4 Å². The van der Waals surface area contributed by atoms with Crippen molar-refractivity contribution in [1.29, 1.82) is 0 Å². The van der Waals surface area contributed by atoms with E-state index in [4.69, 9.17) is 5.73 Å². The smallest absolute Gasteiger partial charge is 0.242 e. The predicted octanol–water partition coefficient (Wildman–Crippen LogP) is 0.298. The average Bonchev–Trinajstić information content (AvgIpc) is 3.27. The van der Waals surface area contributed by atoms with Gasteiger partial charge in [0.05, 0.1) is 11.4 Å². The van der Waals surface area contributed by atoms with Crippen molar-refractivity contribution in [3.05, 3.63) is 23.8 Å². The number of rotatable bonds is 6. The molecule has 2 atom stereocenters. The van der Waals surface area contributed by atoms with Crippen LogP contribution >= 0.6 is 0 Å². The number of sulfonamides is 1. The van der Waals surface area contributed by atoms with Crippen LogP contribution in [0, 0.1) is 6.92 Å². The monoisotopic (exact) mass is 412 g/mol. The number of hydrogen-bond acceptors (Lipinski definition) is 5. The fourth-order valence-corrected chi connectivity index (χ4v) is 5.14. The highest BCUT2D eigenvalue weighted by Crippen LogP contribution is 2.29. The number of alkyl halides is 1. The highest BCUT2D eigenvalue weighted by molar-refractivity contribution is 7.89. The molecule has 2 saturated heterocycles. The van der Waals surface area contributed by atoms with Gasteiger partial charge in [-0.25, -0.2) is 12.8 Å². The lowest BCUT2D eigenvalue weighted by molar-refractivity contribution is -0.131. The SMILES string of the molecule is Cc1c(N2CCCC2=O)cccc1S(=O)(=O)N[C@@H](CN)C(=O)N1CC[C@H](F)C1. The van der Waals surface area contributed by atoms with Gasteiger partial charge < -0.3 is 15.5 Å². The van der Waals surface area contributed by atoms with Crippen LogP contribution in [0.4, 0.5) is 10.1 Å². The molecule has 0 aliphatic carbocycles. The summed E-state index contributed by atoms with van der Waals surface area (Å²) in [5, 5.41) is 0. The summed E-state index contributed by atoms with van der Waals surface area (Å²) in [6.07, 6.45) is 0.295. The van der Waals surface area contributed by atoms with Gasteiger partial charge in [-0.3, -0.25) is 9.59 Å². The van der Waals surface area contributed by atoms with E-state index in [-0.39, 0.29) is 36.9 Å². The van der Waals surface area contributed by atoms with Crippen molar-refractivity contribution in [2.45, 2.75) is 43.3 Å². The maximum Gasteiger partial charge on any atom is 0.242 e. The fraction of sp³-hybridized carbons (Fsp3) is 0.556. The van der Waals surface area contributed by atoms with Crippen LogP contribution in [0.1, 0.15) is 24.8 Å². The number of amides is 2. The van der Waals surface area contributed by atoms with E-state index in [0.29, 0.717) is 24.2 Å². The largest absolute Gasteiger partial charge is 0.338 e. The van der Waals surface area contributed by atoms with Crippen LogP contribution in [0.5, 0.6) is 0 Å². The molecule has 0 bridgehead atoms. The third-order valence-electron chi connectivity index (χ3n) is 5.18. The van der Waals surface area contributed by atoms with Crippen LogP contribution in [-0.2, 0) is 19.6 Å². The molecule has 0 radical (unpaired) electrons. The normalized spacial score (nSPS) is 21.4. The van der Waals surface area contributed by atoms with Gasteiger partial charge in [0.25, 0.3) is 0 Å². The van der Waals surface area contributed by atoms with Gasteiger partial charge in [-0.1, -0.05) is 6.07 Å². The molecule has 28 heavy (non-hydrogen) atoms. The van der Waals surface area contributed by atoms with Gasteiger partial charge >= 0.3 is 0 Å². The quantitative estimate of drug-likeness (QED) is 0.698. The average molecular weight is 412 g/mol. The van der Waals surface area contributed by atoms with Gasteiger partial charge in [0.15, 0.2) is 0 Å². The summed E-state index contributed by atoms with van der Waals surface area (Å²) in [5.74, 6) is -0.579. The summed E-state index contributed by atoms with van der Waals surface area (Å²) in [4.78, 5) is 27.4. The summed E-state index contributed by atoms with van der Waals surface area (Å²) in [6.45, 7) is 2.12. The Hall–Kier alpha value is -2.04. The molecular weight excluding hydrogens is 387 g/mol. The molecule has 2 aliphatic heterocycles. The minimum absolute atomic E-state index is 0.0132. The Labute approximate surface area is 163 Å². The molecule has 1 aromatic rings. The molecule has 8 nitrogen and oxygen atoms in total. The molecule has 3 N–H and O–H groups in total. The number of halogens is 1. The van der Waals surface area contributed by atoms with E-state index >= 15 is 0 Å². The van der Waals surface area contributed by atoms with Gasteiger partial charge in [-0.15, -0.1) is 0 Å². The number of hydrogen-bond donors (Lipinski definition) is 2. The summed E-state index contributed by atoms with van der Waals surface area (Å²) in [5.41, 5.74) is 6.60. The van der Waals surface area contributed by atoms with Crippen LogP contribution in [0.2, 0.25) is 0 Å². The van der Waals surface area contributed by atoms with Crippen LogP contribution in [-0.4, -0.2) is 63.5 Å². The lowest BCUT2D eigenvalue weighted by Crippen LogP contribution is -2.51. The molecule has 0 aromatic heterocycles. The Kier molecular flexibility index (Phi) is 6.01. The fourth-order valence-electron chi connectivity index (χ4n) is 3.68. The number of carbonyl (C=O) groups excluding carboxylic acids is 2. The number of likely N-dealkylation sites (tertiary alicyclic amines) is 1. The molecule has 0 saturated carbocycles. The second-order valence-electron chi connectivity index (χ2n) is 7.13. The van der Waals surface area contributed by atoms with Crippen LogP contribution in [0.3, 0.4) is 0 Å². The third-order valence-corrected chi connectivity index (χ3v) is 6.80. The minimum Gasteiger partial charge on any atom is -0.338 e. The summed E-state index contributed by atoms with van der Waals surface area (Å²) >= 11 is 0. The van der Waals surface area contributed by atoms with Gasteiger partial charge in [0.2, 0.25) is 21.8 Å². The van der Waals surface area contributed by atoms with Crippen molar-refractivity contribution in [2.75, 3.05) is 31.1 Å². The number of nitrogens with two attached hydrogens (primary N) is 1. The van der Waals surface area contributed by atoms with Crippen molar-refractivity contribution in [3.8, 4) is 0 Å². The number of nitrogens with one attached hydrogen (secondary N) is 1. The van der Waals surface area contributed by atoms with Crippen molar-refractivity contribution in [2.24, 2.45) is 5.73 Å². The second-order valence-corrected chi connectivity index (χ2v) is 8.81. The number of benzene rings is 1. The van der Waals surface area contributed by atoms with Gasteiger partial charge in [-0.05, 0) is 37.5 Å². The van der Waals surface area contributed by atoms with Crippen molar-refractivity contribution in [1.82, 2.24) is 9.62 Å². The van der Waals surface area contributed by atoms with Crippen LogP contribution in [0.25, 0.3) is 0 Å². The van der Waals surface area contributed by atoms with E-state index < -0.39 is 28.1 Å². The molecule has 2 aliphatic rings. The van der Waals surface area contributed by atoms with E-state index in [2.05, 4.69) is 4.72 Å². The van der Waals surface area contributed by atoms with Crippen molar-refractivity contribution in [3.63, 3.8) is 0 Å². The van der Waals surface area contributed by atoms with Gasteiger partial charge in [0.1, 0.15) is 12.2 Å². The molecule has 10 heteroatoms. The summed E-state index contributed by atoms with van der Waals surface area (Å²) in [6, 6.07) is 3.52. The maximum atomic E-state index is 13.4. The Morgan fingerprint density at radius 3 is 2.71 bits per heavy atom. The number of anilines is 1. The molecule has 3 rings (SSSR count). The third kappa shape index (κ3) is 4.03. The van der Waals surface area contributed by atoms with Crippen LogP contribution in [0.15, 0.2) is 23.1 Å². The van der Waals surface area contributed by atoms with E-state index in [1.165, 1.54) is 11.0 Å². The zero-order valence-electron chi connectivity index (χ0n) is 15.7. The second kappa shape index (κ2) is 8.14. The zero-order valence-corrected chi connectivity index (χ0v) is 16.5. The predicted molar refractivity (Wildman–Crippen MR) is 102 cm³/mol. The van der Waals surface area contributed by atoms with E-state index in [1.807, 2.05) is 0 Å². The Morgan fingerprint density at radius 1 is 1.39 bits per heavy atom. The molecule has 0 unspecified atom stereocenters. The maximum absolute atomic E-state index is 13.4. The summed E-state index contributed by atoms with van der Waals surface area (Å²) < 4.78 is 41.6. The molecule has 1 aromatic carbocycles. The molecule has 2 fully saturated rings. The van der Waals surface area contributed by atoms with Crippen molar-refractivity contribution >= 4 is 27.5 Å². The Bertz CT molecular complexity index is 876. The summed E-state index contributed by atoms with van der Waals surface area (Å²) in [7, 11) is -4.07. The first-order chi connectivity index (χ1) is 13.2. The molecule has 154 valence electrons. The molecule has 0 spiro atoms. The van der Waals surface area contributed by atoms with Crippen molar-refractivity contribution < 1.29 is 22.4 Å². The number of nitrogens with zero attached hydrogens (tertiary/aromatic N) is 2. The first kappa shape index (κ1) is 20.7. The van der Waals surface area contributed by atoms with E-state index in [0.717, 1.165) is 6.42 Å². The topological polar surface area (TPSA) is 113 Å². The highest BCUT2D eigenvalue weighted by Gasteiger charge is 2.34. The molecule has 2 heterocycles. The lowest BCUT2D eigenvalue weighted by atomic mass is 10.2. The number of carbonyl (C=O) groups is 2. The Morgan fingerprint density at radius 2 is 2.14 bits per heavy atom. The molecular formula is C18H25FN4O4S. The standard InChI is InChI=1S/C18H25FN4O4S/c1-12-15(23-8-3-6-17(23)24)4-2-5-16(12)28(26,27)21-14(10-20)18(25)22-9-7-13(19)11-22/h2,4-5,13-14,21H,3,6-11,20H2,1H3/t13-,14-/m0/s1. The lowest BCUT2D eigenvalue weighted by Gasteiger charge is -2.24. The Balaban J connectivity index is 1.84.